The number of rotatable bonds is 5. The summed E-state index contributed by atoms with van der Waals surface area (Å²) in [6.07, 6.45) is 1.62. The van der Waals surface area contributed by atoms with Crippen LogP contribution in [0.2, 0.25) is 0 Å². The highest BCUT2D eigenvalue weighted by Gasteiger charge is 2.36. The minimum atomic E-state index is 0.0197. The van der Waals surface area contributed by atoms with Crippen molar-refractivity contribution in [3.8, 4) is 17.2 Å². The Hall–Kier alpha value is -2.24. The van der Waals surface area contributed by atoms with Crippen molar-refractivity contribution in [1.82, 2.24) is 5.32 Å². The van der Waals surface area contributed by atoms with Crippen LogP contribution >= 0.6 is 0 Å². The molecule has 0 spiro atoms. The topological polar surface area (TPSA) is 60.0 Å². The molecule has 2 atom stereocenters. The summed E-state index contributed by atoms with van der Waals surface area (Å²) in [4.78, 5) is 0. The molecule has 2 aromatic rings. The van der Waals surface area contributed by atoms with Gasteiger partial charge in [0.25, 0.3) is 0 Å². The molecule has 0 amide bonds. The van der Waals surface area contributed by atoms with Gasteiger partial charge in [-0.3, -0.25) is 0 Å². The highest BCUT2D eigenvalue weighted by atomic mass is 16.7. The highest BCUT2D eigenvalue weighted by Crippen LogP contribution is 2.51. The Labute approximate surface area is 153 Å². The molecule has 2 aliphatic rings. The summed E-state index contributed by atoms with van der Waals surface area (Å²) in [7, 11) is 0. The maximum atomic E-state index is 9.73. The number of aliphatic hydroxyl groups is 1. The zero-order chi connectivity index (χ0) is 18.1. The van der Waals surface area contributed by atoms with E-state index in [1.54, 1.807) is 0 Å². The van der Waals surface area contributed by atoms with Crippen LogP contribution in [0, 0.1) is 6.92 Å². The van der Waals surface area contributed by atoms with Gasteiger partial charge in [-0.25, -0.2) is 0 Å². The fourth-order valence-electron chi connectivity index (χ4n) is 3.95. The maximum absolute atomic E-state index is 9.73. The normalized spacial score (nSPS) is 20.7. The molecule has 2 heterocycles. The monoisotopic (exact) mass is 355 g/mol. The summed E-state index contributed by atoms with van der Waals surface area (Å²) >= 11 is 0. The Balaban J connectivity index is 1.78. The number of fused-ring (bicyclic) bond motifs is 3. The lowest BCUT2D eigenvalue weighted by Gasteiger charge is -2.34. The summed E-state index contributed by atoms with van der Waals surface area (Å²) in [5, 5.41) is 13.3. The number of nitrogens with one attached hydrogen (secondary N) is 1. The molecule has 1 unspecified atom stereocenters. The van der Waals surface area contributed by atoms with Gasteiger partial charge in [-0.1, -0.05) is 37.3 Å². The van der Waals surface area contributed by atoms with Crippen LogP contribution < -0.4 is 19.5 Å². The third-order valence-corrected chi connectivity index (χ3v) is 5.23. The van der Waals surface area contributed by atoms with Gasteiger partial charge >= 0.3 is 0 Å². The standard InChI is InChI=1S/C21H25NO4/c1-3-17-18-16(9-15(10-23)22-17)19(13(2)20-21(18)26-12-25-20)24-11-14-7-5-4-6-8-14/h4-8,15,17,22-23H,3,9-12H2,1-2H3/t15-,17?/m0/s1. The van der Waals surface area contributed by atoms with E-state index < -0.39 is 0 Å². The molecule has 0 saturated carbocycles. The van der Waals surface area contributed by atoms with E-state index in [0.29, 0.717) is 13.0 Å². The van der Waals surface area contributed by atoms with E-state index in [1.807, 2.05) is 25.1 Å². The largest absolute Gasteiger partial charge is 0.488 e. The van der Waals surface area contributed by atoms with Crippen molar-refractivity contribution in [2.45, 2.75) is 45.4 Å². The van der Waals surface area contributed by atoms with Crippen molar-refractivity contribution >= 4 is 0 Å². The van der Waals surface area contributed by atoms with E-state index >= 15 is 0 Å². The lowest BCUT2D eigenvalue weighted by atomic mass is 9.86. The predicted octanol–water partition coefficient (Wildman–Crippen LogP) is 3.26. The van der Waals surface area contributed by atoms with Crippen LogP contribution in [0.5, 0.6) is 17.2 Å². The second-order valence-electron chi connectivity index (χ2n) is 6.90. The summed E-state index contributed by atoms with van der Waals surface area (Å²) in [5.41, 5.74) is 4.35. The van der Waals surface area contributed by atoms with E-state index in [4.69, 9.17) is 14.2 Å². The zero-order valence-electron chi connectivity index (χ0n) is 15.2. The second-order valence-corrected chi connectivity index (χ2v) is 6.90. The lowest BCUT2D eigenvalue weighted by molar-refractivity contribution is 0.170. The van der Waals surface area contributed by atoms with E-state index in [9.17, 15) is 5.11 Å². The van der Waals surface area contributed by atoms with Gasteiger partial charge in [-0.15, -0.1) is 0 Å². The minimum absolute atomic E-state index is 0.0197. The average molecular weight is 355 g/mol. The summed E-state index contributed by atoms with van der Waals surface area (Å²) < 4.78 is 17.9. The molecule has 138 valence electrons. The summed E-state index contributed by atoms with van der Waals surface area (Å²) in [5.74, 6) is 2.49. The van der Waals surface area contributed by atoms with Gasteiger partial charge in [0.1, 0.15) is 12.4 Å². The Morgan fingerprint density at radius 1 is 1.19 bits per heavy atom. The molecule has 5 nitrogen and oxygen atoms in total. The Kier molecular flexibility index (Phi) is 4.74. The first-order chi connectivity index (χ1) is 12.7. The van der Waals surface area contributed by atoms with Gasteiger partial charge < -0.3 is 24.6 Å². The van der Waals surface area contributed by atoms with Gasteiger partial charge in [-0.2, -0.15) is 0 Å². The van der Waals surface area contributed by atoms with E-state index in [-0.39, 0.29) is 25.5 Å². The summed E-state index contributed by atoms with van der Waals surface area (Å²) in [6, 6.07) is 10.3. The van der Waals surface area contributed by atoms with E-state index in [2.05, 4.69) is 24.4 Å². The van der Waals surface area contributed by atoms with Gasteiger partial charge in [0.15, 0.2) is 11.5 Å². The molecule has 2 aromatic carbocycles. The first-order valence-electron chi connectivity index (χ1n) is 9.21. The molecule has 2 N–H and O–H groups in total. The van der Waals surface area contributed by atoms with Gasteiger partial charge in [0.2, 0.25) is 6.79 Å². The number of hydrogen-bond donors (Lipinski definition) is 2. The minimum Gasteiger partial charge on any atom is -0.488 e. The lowest BCUT2D eigenvalue weighted by Crippen LogP contribution is -2.42. The SMILES string of the molecule is CCC1N[C@H](CO)Cc2c(OCc3ccccc3)c(C)c3c(c21)OCO3. The van der Waals surface area contributed by atoms with Crippen LogP contribution in [0.15, 0.2) is 30.3 Å². The molecule has 0 aromatic heterocycles. The fourth-order valence-corrected chi connectivity index (χ4v) is 3.95. The van der Waals surface area contributed by atoms with Gasteiger partial charge in [0.05, 0.1) is 6.61 Å². The molecule has 0 saturated heterocycles. The second kappa shape index (κ2) is 7.17. The third kappa shape index (κ3) is 2.91. The average Bonchev–Trinajstić information content (AvgIpc) is 3.17. The maximum Gasteiger partial charge on any atom is 0.231 e. The van der Waals surface area contributed by atoms with Crippen LogP contribution in [0.25, 0.3) is 0 Å². The van der Waals surface area contributed by atoms with Gasteiger partial charge in [0, 0.05) is 28.8 Å². The molecule has 5 heteroatoms. The molecule has 4 rings (SSSR count). The molecule has 0 fully saturated rings. The Morgan fingerprint density at radius 3 is 2.69 bits per heavy atom. The number of benzene rings is 2. The first kappa shape index (κ1) is 17.2. The number of ether oxygens (including phenoxy) is 3. The fraction of sp³-hybridized carbons (Fsp3) is 0.429. The van der Waals surface area contributed by atoms with Crippen LogP contribution in [0.4, 0.5) is 0 Å². The highest BCUT2D eigenvalue weighted by molar-refractivity contribution is 5.65. The Bertz CT molecular complexity index is 791. The molecule has 0 aliphatic carbocycles. The van der Waals surface area contributed by atoms with Crippen molar-refractivity contribution in [2.75, 3.05) is 13.4 Å². The molecule has 2 aliphatic heterocycles. The van der Waals surface area contributed by atoms with Crippen LogP contribution in [-0.4, -0.2) is 24.5 Å². The molecular formula is C21H25NO4. The van der Waals surface area contributed by atoms with Crippen LogP contribution in [0.3, 0.4) is 0 Å². The zero-order valence-corrected chi connectivity index (χ0v) is 15.2. The van der Waals surface area contributed by atoms with Crippen molar-refractivity contribution in [1.29, 1.82) is 0 Å². The van der Waals surface area contributed by atoms with Crippen LogP contribution in [-0.2, 0) is 13.0 Å². The third-order valence-electron chi connectivity index (χ3n) is 5.23. The molecular weight excluding hydrogens is 330 g/mol. The quantitative estimate of drug-likeness (QED) is 0.862. The first-order valence-corrected chi connectivity index (χ1v) is 9.21. The number of hydrogen-bond acceptors (Lipinski definition) is 5. The summed E-state index contributed by atoms with van der Waals surface area (Å²) in [6.45, 7) is 4.99. The van der Waals surface area contributed by atoms with E-state index in [0.717, 1.165) is 45.9 Å². The van der Waals surface area contributed by atoms with Crippen molar-refractivity contribution < 1.29 is 19.3 Å². The van der Waals surface area contributed by atoms with Gasteiger partial charge in [-0.05, 0) is 25.3 Å². The molecule has 0 bridgehead atoms. The van der Waals surface area contributed by atoms with Crippen LogP contribution in [0.1, 0.15) is 41.6 Å². The van der Waals surface area contributed by atoms with Crippen molar-refractivity contribution in [3.05, 3.63) is 52.6 Å². The van der Waals surface area contributed by atoms with Crippen molar-refractivity contribution in [2.24, 2.45) is 0 Å². The van der Waals surface area contributed by atoms with Crippen molar-refractivity contribution in [3.63, 3.8) is 0 Å². The molecule has 26 heavy (non-hydrogen) atoms. The molecule has 0 radical (unpaired) electrons. The Morgan fingerprint density at radius 2 is 1.96 bits per heavy atom. The predicted molar refractivity (Wildman–Crippen MR) is 98.8 cm³/mol. The number of aliphatic hydroxyl groups excluding tert-OH is 1. The van der Waals surface area contributed by atoms with E-state index in [1.165, 1.54) is 0 Å². The smallest absolute Gasteiger partial charge is 0.231 e.